The first-order chi connectivity index (χ1) is 17.2. The van der Waals surface area contributed by atoms with Crippen LogP contribution in [0.5, 0.6) is 5.75 Å². The van der Waals surface area contributed by atoms with Crippen molar-refractivity contribution < 1.29 is 14.6 Å². The van der Waals surface area contributed by atoms with Gasteiger partial charge in [-0.1, -0.05) is 37.6 Å². The van der Waals surface area contributed by atoms with E-state index in [0.717, 1.165) is 54.7 Å². The van der Waals surface area contributed by atoms with Crippen LogP contribution >= 0.6 is 0 Å². The molecule has 0 aromatic heterocycles. The highest BCUT2D eigenvalue weighted by atomic mass is 16.5. The minimum Gasteiger partial charge on any atom is -0.497 e. The van der Waals surface area contributed by atoms with Crippen molar-refractivity contribution in [2.45, 2.75) is 90.7 Å². The number of allylic oxidation sites excluding steroid dienone is 1. The van der Waals surface area contributed by atoms with Gasteiger partial charge in [0.2, 0.25) is 5.91 Å². The van der Waals surface area contributed by atoms with Crippen LogP contribution in [0.3, 0.4) is 0 Å². The number of amides is 1. The number of fused-ring (bicyclic) bond motifs is 5. The minimum absolute atomic E-state index is 0.0184. The van der Waals surface area contributed by atoms with Gasteiger partial charge in [0.1, 0.15) is 5.75 Å². The second-order valence-corrected chi connectivity index (χ2v) is 12.8. The van der Waals surface area contributed by atoms with Crippen LogP contribution in [0.15, 0.2) is 41.0 Å². The number of nitrogens with zero attached hydrogens (tertiary/aromatic N) is 2. The van der Waals surface area contributed by atoms with Gasteiger partial charge in [-0.15, -0.1) is 0 Å². The Morgan fingerprint density at radius 2 is 1.83 bits per heavy atom. The lowest BCUT2D eigenvalue weighted by Gasteiger charge is -2.58. The van der Waals surface area contributed by atoms with E-state index in [1.165, 1.54) is 37.8 Å². The molecule has 194 valence electrons. The molecule has 1 aromatic carbocycles. The van der Waals surface area contributed by atoms with Crippen LogP contribution in [-0.2, 0) is 4.79 Å². The molecular formula is C31H42N2O3. The fourth-order valence-corrected chi connectivity index (χ4v) is 9.31. The molecule has 5 nitrogen and oxygen atoms in total. The first-order valence-electron chi connectivity index (χ1n) is 14.1. The van der Waals surface area contributed by atoms with Gasteiger partial charge in [0.25, 0.3) is 0 Å². The Morgan fingerprint density at radius 3 is 2.56 bits per heavy atom. The normalized spacial score (nSPS) is 41.6. The zero-order valence-electron chi connectivity index (χ0n) is 22.4. The lowest BCUT2D eigenvalue weighted by molar-refractivity contribution is -0.130. The minimum atomic E-state index is -0.145. The largest absolute Gasteiger partial charge is 0.497 e. The molecule has 1 heterocycles. The number of benzene rings is 1. The van der Waals surface area contributed by atoms with Gasteiger partial charge in [-0.05, 0) is 97.6 Å². The summed E-state index contributed by atoms with van der Waals surface area (Å²) in [5.41, 5.74) is 4.45. The predicted molar refractivity (Wildman–Crippen MR) is 142 cm³/mol. The van der Waals surface area contributed by atoms with Crippen molar-refractivity contribution in [3.63, 3.8) is 0 Å². The molecule has 4 aliphatic carbocycles. The van der Waals surface area contributed by atoms with Crippen LogP contribution in [-0.4, -0.2) is 34.9 Å². The fraction of sp³-hybridized carbons (Fsp3) is 0.677. The summed E-state index contributed by atoms with van der Waals surface area (Å²) in [5, 5.41) is 17.1. The monoisotopic (exact) mass is 490 g/mol. The summed E-state index contributed by atoms with van der Waals surface area (Å²) in [6.45, 7) is 6.68. The Kier molecular flexibility index (Phi) is 5.86. The molecule has 8 atom stereocenters. The van der Waals surface area contributed by atoms with Crippen LogP contribution in [0.4, 0.5) is 0 Å². The zero-order valence-corrected chi connectivity index (χ0v) is 22.4. The fourth-order valence-electron chi connectivity index (χ4n) is 9.31. The van der Waals surface area contributed by atoms with Crippen molar-refractivity contribution in [2.24, 2.45) is 39.6 Å². The summed E-state index contributed by atoms with van der Waals surface area (Å²) in [4.78, 5) is 12.6. The maximum Gasteiger partial charge on any atom is 0.240 e. The second-order valence-electron chi connectivity index (χ2n) is 12.8. The SMILES string of the molecule is COc1ccc(C2CC(C3CCC4C5CC=C6CC(O)CC[C@]6(C)C5CC[C@]34C)=NN2C(C)=O)cc1. The molecule has 3 saturated carbocycles. The number of rotatable bonds is 3. The number of carbonyl (C=O) groups is 1. The Morgan fingerprint density at radius 1 is 1.06 bits per heavy atom. The number of aliphatic hydroxyl groups excluding tert-OH is 1. The highest BCUT2D eigenvalue weighted by Crippen LogP contribution is 2.66. The third kappa shape index (κ3) is 3.60. The highest BCUT2D eigenvalue weighted by Gasteiger charge is 2.59. The third-order valence-corrected chi connectivity index (χ3v) is 11.2. The Bertz CT molecular complexity index is 1090. The standard InChI is InChI=1S/C31H42N2O3/c1-19(34)33-29(20-5-8-23(36-4)9-6-20)18-28(32-33)27-12-11-25-24-10-7-21-17-22(35)13-15-30(21,2)26(24)14-16-31(25,27)3/h5-9,22,24-27,29,35H,10-18H2,1-4H3/t22?,24?,25?,26?,27?,29?,30-,31-/m0/s1. The average Bonchev–Trinajstić information content (AvgIpc) is 3.46. The number of ether oxygens (including phenoxy) is 1. The van der Waals surface area contributed by atoms with Gasteiger partial charge in [-0.2, -0.15) is 5.10 Å². The molecule has 6 unspecified atom stereocenters. The van der Waals surface area contributed by atoms with Gasteiger partial charge in [0, 0.05) is 25.0 Å². The van der Waals surface area contributed by atoms with Crippen molar-refractivity contribution in [3.8, 4) is 5.75 Å². The van der Waals surface area contributed by atoms with E-state index in [0.29, 0.717) is 5.92 Å². The van der Waals surface area contributed by atoms with E-state index < -0.39 is 0 Å². The number of carbonyl (C=O) groups excluding carboxylic acids is 1. The van der Waals surface area contributed by atoms with Gasteiger partial charge < -0.3 is 9.84 Å². The zero-order chi connectivity index (χ0) is 25.2. The van der Waals surface area contributed by atoms with E-state index in [2.05, 4.69) is 32.1 Å². The topological polar surface area (TPSA) is 62.1 Å². The van der Waals surface area contributed by atoms with Crippen molar-refractivity contribution in [2.75, 3.05) is 7.11 Å². The van der Waals surface area contributed by atoms with Gasteiger partial charge >= 0.3 is 0 Å². The third-order valence-electron chi connectivity index (χ3n) is 11.2. The summed E-state index contributed by atoms with van der Waals surface area (Å²) < 4.78 is 5.34. The van der Waals surface area contributed by atoms with E-state index in [1.807, 2.05) is 12.1 Å². The van der Waals surface area contributed by atoms with Crippen LogP contribution in [0.1, 0.15) is 90.2 Å². The summed E-state index contributed by atoms with van der Waals surface area (Å²) >= 11 is 0. The van der Waals surface area contributed by atoms with Gasteiger partial charge in [-0.25, -0.2) is 5.01 Å². The predicted octanol–water partition coefficient (Wildman–Crippen LogP) is 6.28. The van der Waals surface area contributed by atoms with Crippen LogP contribution in [0, 0.1) is 34.5 Å². The van der Waals surface area contributed by atoms with Crippen molar-refractivity contribution in [1.29, 1.82) is 0 Å². The van der Waals surface area contributed by atoms with Crippen molar-refractivity contribution in [3.05, 3.63) is 41.5 Å². The number of hydrogen-bond donors (Lipinski definition) is 1. The van der Waals surface area contributed by atoms with Crippen molar-refractivity contribution in [1.82, 2.24) is 5.01 Å². The summed E-state index contributed by atoms with van der Waals surface area (Å²) in [6, 6.07) is 8.10. The highest BCUT2D eigenvalue weighted by molar-refractivity contribution is 5.92. The first-order valence-corrected chi connectivity index (χ1v) is 14.1. The lowest BCUT2D eigenvalue weighted by atomic mass is 9.47. The quantitative estimate of drug-likeness (QED) is 0.507. The number of hydrogen-bond acceptors (Lipinski definition) is 4. The molecule has 1 aromatic rings. The molecule has 0 saturated heterocycles. The van der Waals surface area contributed by atoms with Gasteiger partial charge in [0.05, 0.1) is 19.3 Å². The summed E-state index contributed by atoms with van der Waals surface area (Å²) in [7, 11) is 1.68. The Hall–Kier alpha value is -2.14. The summed E-state index contributed by atoms with van der Waals surface area (Å²) in [6.07, 6.45) is 12.4. The smallest absolute Gasteiger partial charge is 0.240 e. The molecule has 1 amide bonds. The number of methoxy groups -OCH3 is 1. The molecule has 1 N–H and O–H groups in total. The molecule has 36 heavy (non-hydrogen) atoms. The molecule has 0 spiro atoms. The maximum absolute atomic E-state index is 12.6. The first kappa shape index (κ1) is 24.2. The van der Waals surface area contributed by atoms with E-state index in [9.17, 15) is 9.90 Å². The van der Waals surface area contributed by atoms with Crippen molar-refractivity contribution >= 4 is 11.6 Å². The second kappa shape index (κ2) is 8.72. The lowest BCUT2D eigenvalue weighted by Crippen LogP contribution is -2.51. The molecule has 0 radical (unpaired) electrons. The number of aliphatic hydroxyl groups is 1. The van der Waals surface area contributed by atoms with Crippen LogP contribution in [0.2, 0.25) is 0 Å². The molecule has 6 rings (SSSR count). The van der Waals surface area contributed by atoms with Crippen LogP contribution in [0.25, 0.3) is 0 Å². The van der Waals surface area contributed by atoms with Gasteiger partial charge in [-0.3, -0.25) is 4.79 Å². The number of hydrazone groups is 1. The van der Waals surface area contributed by atoms with E-state index >= 15 is 0 Å². The molecule has 3 fully saturated rings. The Labute approximate surface area is 216 Å². The van der Waals surface area contributed by atoms with E-state index in [4.69, 9.17) is 9.84 Å². The average molecular weight is 491 g/mol. The molecular weight excluding hydrogens is 448 g/mol. The molecule has 0 bridgehead atoms. The van der Waals surface area contributed by atoms with Crippen LogP contribution < -0.4 is 4.74 Å². The van der Waals surface area contributed by atoms with Gasteiger partial charge in [0.15, 0.2) is 0 Å². The van der Waals surface area contributed by atoms with E-state index in [-0.39, 0.29) is 28.9 Å². The molecule has 5 heteroatoms. The molecule has 1 aliphatic heterocycles. The van der Waals surface area contributed by atoms with E-state index in [1.54, 1.807) is 24.6 Å². The summed E-state index contributed by atoms with van der Waals surface area (Å²) in [5.74, 6) is 3.51. The maximum atomic E-state index is 12.6. The Balaban J connectivity index is 1.26. The molecule has 5 aliphatic rings.